The van der Waals surface area contributed by atoms with Gasteiger partial charge in [-0.3, -0.25) is 4.57 Å². The number of aromatic nitrogens is 4. The van der Waals surface area contributed by atoms with Gasteiger partial charge in [0.05, 0.1) is 25.0 Å². The lowest BCUT2D eigenvalue weighted by atomic mass is 9.99. The normalized spacial score (nSPS) is 27.4. The summed E-state index contributed by atoms with van der Waals surface area (Å²) in [5, 5.41) is 13.2. The summed E-state index contributed by atoms with van der Waals surface area (Å²) in [7, 11) is 0. The van der Waals surface area contributed by atoms with Crippen LogP contribution in [0, 0.1) is 9.49 Å². The number of imidazole rings is 1. The summed E-state index contributed by atoms with van der Waals surface area (Å²) in [6.07, 6.45) is 1.20. The molecule has 2 aliphatic rings. The first kappa shape index (κ1) is 18.2. The van der Waals surface area contributed by atoms with Crippen LogP contribution < -0.4 is 11.1 Å². The van der Waals surface area contributed by atoms with Crippen molar-refractivity contribution in [1.82, 2.24) is 19.5 Å². The van der Waals surface area contributed by atoms with E-state index in [9.17, 15) is 5.11 Å². The number of hydrogen-bond acceptors (Lipinski definition) is 8. The average Bonchev–Trinajstić information content (AvgIpc) is 3.38. The highest BCUT2D eigenvalue weighted by molar-refractivity contribution is 14.1. The Morgan fingerprint density at radius 2 is 2.25 bits per heavy atom. The maximum Gasteiger partial charge on any atom is 0.167 e. The average molecular weight is 494 g/mol. The highest BCUT2D eigenvalue weighted by Crippen LogP contribution is 2.43. The molecule has 9 nitrogen and oxygen atoms in total. The van der Waals surface area contributed by atoms with E-state index >= 15 is 0 Å². The van der Waals surface area contributed by atoms with Crippen LogP contribution in [0.25, 0.3) is 11.2 Å². The first-order valence-corrected chi connectivity index (χ1v) is 10.1. The molecule has 10 heteroatoms. The molecule has 0 radical (unpaired) electrons. The molecule has 4 heterocycles. The number of benzene rings is 1. The van der Waals surface area contributed by atoms with Gasteiger partial charge in [0, 0.05) is 10.1 Å². The number of aliphatic hydroxyl groups excluding tert-OH is 1. The third-order valence-corrected chi connectivity index (χ3v) is 5.90. The summed E-state index contributed by atoms with van der Waals surface area (Å²) in [4.78, 5) is 13.2. The van der Waals surface area contributed by atoms with Gasteiger partial charge in [-0.1, -0.05) is 12.1 Å². The fourth-order valence-electron chi connectivity index (χ4n) is 3.94. The zero-order chi connectivity index (χ0) is 19.3. The van der Waals surface area contributed by atoms with Crippen LogP contribution in [0.2, 0.25) is 0 Å². The molecule has 1 unspecified atom stereocenters. The van der Waals surface area contributed by atoms with Crippen molar-refractivity contribution in [2.45, 2.75) is 31.2 Å². The number of nitrogens with zero attached hydrogens (tertiary/aromatic N) is 4. The summed E-state index contributed by atoms with van der Waals surface area (Å²) < 4.78 is 14.8. The van der Waals surface area contributed by atoms with E-state index in [0.717, 1.165) is 5.56 Å². The molecule has 5 atom stereocenters. The molecule has 1 aromatic carbocycles. The van der Waals surface area contributed by atoms with Crippen LogP contribution in [-0.4, -0.2) is 49.7 Å². The topological polar surface area (TPSA) is 120 Å². The van der Waals surface area contributed by atoms with Crippen molar-refractivity contribution in [2.75, 3.05) is 11.9 Å². The van der Waals surface area contributed by atoms with E-state index in [4.69, 9.17) is 15.2 Å². The van der Waals surface area contributed by atoms with Crippen molar-refractivity contribution >= 4 is 39.6 Å². The largest absolute Gasteiger partial charge is 0.378 e. The van der Waals surface area contributed by atoms with Crippen molar-refractivity contribution in [3.63, 3.8) is 0 Å². The molecule has 5 rings (SSSR count). The van der Waals surface area contributed by atoms with E-state index in [1.807, 2.05) is 10.6 Å². The summed E-state index contributed by atoms with van der Waals surface area (Å²) in [6.45, 7) is 1.06. The Kier molecular flexibility index (Phi) is 4.67. The molecule has 2 bridgehead atoms. The van der Waals surface area contributed by atoms with E-state index in [1.54, 1.807) is 6.33 Å². The lowest BCUT2D eigenvalue weighted by Crippen LogP contribution is -2.37. The Morgan fingerprint density at radius 3 is 3.04 bits per heavy atom. The smallest absolute Gasteiger partial charge is 0.167 e. The van der Waals surface area contributed by atoms with Crippen molar-refractivity contribution in [3.8, 4) is 0 Å². The summed E-state index contributed by atoms with van der Waals surface area (Å²) in [6, 6.07) is 8.25. The number of nitrogens with one attached hydrogen (secondary N) is 1. The Labute approximate surface area is 174 Å². The standard InChI is InChI=1S/C18H19IN6O3/c19-10-3-1-2-9(4-10)5-21-16-13-17(23-7-22-16)25(8-24-13)18-14-12(15(20)26)11(28-18)6-27-14/h1-4,7-8,11-12,14-15,18,26H,5-6,20H2,(H,21,22,23)/t11-,12-,14+,15?,18+/m0/s1. The molecular weight excluding hydrogens is 475 g/mol. The van der Waals surface area contributed by atoms with Gasteiger partial charge in [-0.15, -0.1) is 0 Å². The summed E-state index contributed by atoms with van der Waals surface area (Å²) >= 11 is 2.29. The van der Waals surface area contributed by atoms with E-state index in [-0.39, 0.29) is 18.1 Å². The highest BCUT2D eigenvalue weighted by atomic mass is 127. The van der Waals surface area contributed by atoms with E-state index < -0.39 is 12.5 Å². The zero-order valence-electron chi connectivity index (χ0n) is 14.8. The molecule has 4 N–H and O–H groups in total. The number of nitrogens with two attached hydrogens (primary N) is 1. The van der Waals surface area contributed by atoms with Gasteiger partial charge in [0.25, 0.3) is 0 Å². The number of anilines is 1. The zero-order valence-corrected chi connectivity index (χ0v) is 16.9. The molecule has 2 aromatic heterocycles. The Hall–Kier alpha value is -1.86. The SMILES string of the molecule is NC(O)[C@@H]1[C@H]2OC[C@@H]1O[C@H]2n1cnc2c(NCc3cccc(I)c3)ncnc21. The van der Waals surface area contributed by atoms with E-state index in [2.05, 4.69) is 61.1 Å². The Bertz CT molecular complexity index is 1010. The van der Waals surface area contributed by atoms with Gasteiger partial charge in [-0.25, -0.2) is 15.0 Å². The number of hydrogen-bond donors (Lipinski definition) is 3. The third-order valence-electron chi connectivity index (χ3n) is 5.23. The highest BCUT2D eigenvalue weighted by Gasteiger charge is 2.54. The summed E-state index contributed by atoms with van der Waals surface area (Å²) in [5.74, 6) is 0.393. The minimum absolute atomic E-state index is 0.229. The molecule has 0 spiro atoms. The van der Waals surface area contributed by atoms with E-state index in [1.165, 1.54) is 9.90 Å². The van der Waals surface area contributed by atoms with Gasteiger partial charge in [-0.05, 0) is 40.3 Å². The minimum Gasteiger partial charge on any atom is -0.378 e. The predicted molar refractivity (Wildman–Crippen MR) is 109 cm³/mol. The van der Waals surface area contributed by atoms with Gasteiger partial charge < -0.3 is 25.6 Å². The molecule has 0 amide bonds. The summed E-state index contributed by atoms with van der Waals surface area (Å²) in [5.41, 5.74) is 8.17. The molecule has 146 valence electrons. The fraction of sp³-hybridized carbons (Fsp3) is 0.389. The van der Waals surface area contributed by atoms with Crippen LogP contribution >= 0.6 is 22.6 Å². The second-order valence-electron chi connectivity index (χ2n) is 6.96. The first-order chi connectivity index (χ1) is 13.6. The molecule has 2 aliphatic heterocycles. The Balaban J connectivity index is 1.42. The second-order valence-corrected chi connectivity index (χ2v) is 8.21. The quantitative estimate of drug-likeness (QED) is 0.358. The maximum absolute atomic E-state index is 9.86. The number of ether oxygens (including phenoxy) is 2. The molecule has 3 aromatic rings. The van der Waals surface area contributed by atoms with Crippen LogP contribution in [0.3, 0.4) is 0 Å². The van der Waals surface area contributed by atoms with Gasteiger partial charge in [0.15, 0.2) is 23.2 Å². The van der Waals surface area contributed by atoms with Crippen molar-refractivity contribution < 1.29 is 14.6 Å². The molecule has 28 heavy (non-hydrogen) atoms. The first-order valence-electron chi connectivity index (χ1n) is 8.98. The number of fused-ring (bicyclic) bond motifs is 3. The lowest BCUT2D eigenvalue weighted by molar-refractivity contribution is -0.125. The number of halogens is 1. The second kappa shape index (κ2) is 7.19. The molecule has 2 fully saturated rings. The van der Waals surface area contributed by atoms with Crippen LogP contribution in [0.15, 0.2) is 36.9 Å². The van der Waals surface area contributed by atoms with Gasteiger partial charge in [0.1, 0.15) is 18.7 Å². The molecular formula is C18H19IN6O3. The van der Waals surface area contributed by atoms with Gasteiger partial charge in [-0.2, -0.15) is 0 Å². The van der Waals surface area contributed by atoms with Crippen LogP contribution in [0.1, 0.15) is 11.8 Å². The van der Waals surface area contributed by atoms with E-state index in [0.29, 0.717) is 30.1 Å². The fourth-order valence-corrected chi connectivity index (χ4v) is 4.54. The number of rotatable bonds is 5. The third kappa shape index (κ3) is 3.05. The van der Waals surface area contributed by atoms with Crippen molar-refractivity contribution in [1.29, 1.82) is 0 Å². The maximum atomic E-state index is 9.86. The number of aliphatic hydroxyl groups is 1. The molecule has 0 aliphatic carbocycles. The van der Waals surface area contributed by atoms with Crippen molar-refractivity contribution in [2.24, 2.45) is 11.7 Å². The van der Waals surface area contributed by atoms with Crippen LogP contribution in [-0.2, 0) is 16.0 Å². The Morgan fingerprint density at radius 1 is 1.36 bits per heavy atom. The predicted octanol–water partition coefficient (Wildman–Crippen LogP) is 1.23. The van der Waals surface area contributed by atoms with Crippen LogP contribution in [0.4, 0.5) is 5.82 Å². The molecule has 0 saturated carbocycles. The lowest BCUT2D eigenvalue weighted by Gasteiger charge is -2.24. The van der Waals surface area contributed by atoms with Crippen LogP contribution in [0.5, 0.6) is 0 Å². The minimum atomic E-state index is -0.988. The van der Waals surface area contributed by atoms with Gasteiger partial charge >= 0.3 is 0 Å². The van der Waals surface area contributed by atoms with Gasteiger partial charge in [0.2, 0.25) is 0 Å². The molecule has 2 saturated heterocycles. The monoisotopic (exact) mass is 494 g/mol. The van der Waals surface area contributed by atoms with Crippen molar-refractivity contribution in [3.05, 3.63) is 46.1 Å².